The van der Waals surface area contributed by atoms with E-state index in [1.807, 2.05) is 6.07 Å². The van der Waals surface area contributed by atoms with Gasteiger partial charge in [-0.1, -0.05) is 6.07 Å². The minimum absolute atomic E-state index is 0.157. The second kappa shape index (κ2) is 7.57. The van der Waals surface area contributed by atoms with E-state index in [1.54, 1.807) is 23.1 Å². The molecule has 6 nitrogen and oxygen atoms in total. The molecule has 0 spiro atoms. The maximum absolute atomic E-state index is 13.3. The lowest BCUT2D eigenvalue weighted by Gasteiger charge is -2.34. The van der Waals surface area contributed by atoms with Crippen LogP contribution in [0.25, 0.3) is 0 Å². The van der Waals surface area contributed by atoms with Crippen LogP contribution in [0.5, 0.6) is 0 Å². The van der Waals surface area contributed by atoms with E-state index in [0.29, 0.717) is 18.7 Å². The van der Waals surface area contributed by atoms with Crippen molar-refractivity contribution >= 4 is 17.6 Å². The van der Waals surface area contributed by atoms with E-state index in [4.69, 9.17) is 4.74 Å². The van der Waals surface area contributed by atoms with E-state index in [2.05, 4.69) is 10.6 Å². The van der Waals surface area contributed by atoms with Crippen LogP contribution in [-0.4, -0.2) is 61.5 Å². The summed E-state index contributed by atoms with van der Waals surface area (Å²) in [6.07, 6.45) is 1.01. The van der Waals surface area contributed by atoms with Crippen LogP contribution in [0.1, 0.15) is 29.6 Å². The van der Waals surface area contributed by atoms with Crippen LogP contribution in [0.4, 0.5) is 14.5 Å². The van der Waals surface area contributed by atoms with Gasteiger partial charge >= 0.3 is 5.97 Å². The van der Waals surface area contributed by atoms with Gasteiger partial charge in [0.2, 0.25) is 5.91 Å². The maximum Gasteiger partial charge on any atom is 0.337 e. The number of carbonyl (C=O) groups excluding carboxylic acids is 2. The van der Waals surface area contributed by atoms with E-state index in [-0.39, 0.29) is 11.9 Å². The Balaban J connectivity index is 1.51. The summed E-state index contributed by atoms with van der Waals surface area (Å²) in [6, 6.07) is 6.43. The molecule has 0 aromatic heterocycles. The molecule has 3 rings (SSSR count). The molecular weight excluding hydrogens is 344 g/mol. The van der Waals surface area contributed by atoms with Crippen molar-refractivity contribution in [3.8, 4) is 0 Å². The van der Waals surface area contributed by atoms with Crippen LogP contribution in [0.15, 0.2) is 24.3 Å². The molecule has 0 saturated carbocycles. The predicted molar refractivity (Wildman–Crippen MR) is 92.4 cm³/mol. The first kappa shape index (κ1) is 18.6. The summed E-state index contributed by atoms with van der Waals surface area (Å²) >= 11 is 0. The van der Waals surface area contributed by atoms with Gasteiger partial charge in [0.15, 0.2) is 0 Å². The Morgan fingerprint density at radius 1 is 1.31 bits per heavy atom. The van der Waals surface area contributed by atoms with Crippen molar-refractivity contribution in [1.29, 1.82) is 0 Å². The van der Waals surface area contributed by atoms with Crippen LogP contribution < -0.4 is 10.6 Å². The third-order valence-electron chi connectivity index (χ3n) is 4.87. The molecule has 142 valence electrons. The summed E-state index contributed by atoms with van der Waals surface area (Å²) < 4.78 is 31.2. The normalized spacial score (nSPS) is 22.9. The van der Waals surface area contributed by atoms with Crippen LogP contribution in [0.3, 0.4) is 0 Å². The summed E-state index contributed by atoms with van der Waals surface area (Å²) in [5, 5.41) is 5.98. The number of nitrogens with zero attached hydrogens (tertiary/aromatic N) is 1. The number of piperidine rings is 1. The molecule has 2 N–H and O–H groups in total. The van der Waals surface area contributed by atoms with Gasteiger partial charge in [0.1, 0.15) is 0 Å². The zero-order chi connectivity index (χ0) is 18.7. The maximum atomic E-state index is 13.3. The van der Waals surface area contributed by atoms with E-state index >= 15 is 0 Å². The van der Waals surface area contributed by atoms with E-state index in [0.717, 1.165) is 18.5 Å². The number of nitrogens with one attached hydrogen (secondary N) is 2. The number of anilines is 1. The van der Waals surface area contributed by atoms with Gasteiger partial charge in [-0.05, 0) is 31.0 Å². The number of esters is 1. The number of hydrogen-bond acceptors (Lipinski definition) is 5. The Morgan fingerprint density at radius 2 is 2.04 bits per heavy atom. The average molecular weight is 367 g/mol. The molecule has 2 fully saturated rings. The van der Waals surface area contributed by atoms with Crippen molar-refractivity contribution in [3.63, 3.8) is 0 Å². The topological polar surface area (TPSA) is 70.7 Å². The van der Waals surface area contributed by atoms with E-state index in [1.165, 1.54) is 7.11 Å². The van der Waals surface area contributed by atoms with Crippen LogP contribution >= 0.6 is 0 Å². The Bertz CT molecular complexity index is 675. The number of ether oxygens (including phenoxy) is 1. The fourth-order valence-electron chi connectivity index (χ4n) is 3.44. The molecular formula is C18H23F2N3O3. The molecule has 8 heteroatoms. The van der Waals surface area contributed by atoms with Crippen LogP contribution in [-0.2, 0) is 9.53 Å². The summed E-state index contributed by atoms with van der Waals surface area (Å²) in [5.41, 5.74) is 1.29. The molecule has 0 radical (unpaired) electrons. The highest BCUT2D eigenvalue weighted by Gasteiger charge is 2.43. The van der Waals surface area contributed by atoms with Gasteiger partial charge in [-0.2, -0.15) is 0 Å². The largest absolute Gasteiger partial charge is 0.465 e. The molecule has 1 amide bonds. The van der Waals surface area contributed by atoms with Crippen molar-refractivity contribution in [1.82, 2.24) is 10.2 Å². The predicted octanol–water partition coefficient (Wildman–Crippen LogP) is 1.87. The molecule has 2 saturated heterocycles. The number of benzene rings is 1. The summed E-state index contributed by atoms with van der Waals surface area (Å²) in [6.45, 7) is 0.617. The van der Waals surface area contributed by atoms with Crippen molar-refractivity contribution in [2.45, 2.75) is 37.3 Å². The van der Waals surface area contributed by atoms with Crippen LogP contribution in [0, 0.1) is 0 Å². The number of halogens is 2. The summed E-state index contributed by atoms with van der Waals surface area (Å²) in [5.74, 6) is -3.44. The number of likely N-dealkylation sites (tertiary alicyclic amines) is 1. The fraction of sp³-hybridized carbons (Fsp3) is 0.556. The third kappa shape index (κ3) is 4.30. The number of methoxy groups -OCH3 is 1. The van der Waals surface area contributed by atoms with Gasteiger partial charge in [0, 0.05) is 31.2 Å². The average Bonchev–Trinajstić information content (AvgIpc) is 3.01. The highest BCUT2D eigenvalue weighted by atomic mass is 19.3. The molecule has 1 aromatic rings. The minimum atomic E-state index is -2.80. The van der Waals surface area contributed by atoms with Gasteiger partial charge in [-0.15, -0.1) is 0 Å². The van der Waals surface area contributed by atoms with Crippen LogP contribution in [0.2, 0.25) is 0 Å². The Hall–Kier alpha value is -2.22. The van der Waals surface area contributed by atoms with Crippen molar-refractivity contribution < 1.29 is 23.1 Å². The van der Waals surface area contributed by atoms with E-state index < -0.39 is 30.9 Å². The molecule has 1 atom stereocenters. The monoisotopic (exact) mass is 367 g/mol. The quantitative estimate of drug-likeness (QED) is 0.795. The molecule has 26 heavy (non-hydrogen) atoms. The number of carbonyl (C=O) groups is 2. The molecule has 1 aromatic carbocycles. The number of amides is 1. The molecule has 2 aliphatic rings. The van der Waals surface area contributed by atoms with Gasteiger partial charge < -0.3 is 15.0 Å². The number of hydrogen-bond donors (Lipinski definition) is 2. The molecule has 2 heterocycles. The Morgan fingerprint density at radius 3 is 2.65 bits per heavy atom. The second-order valence-electron chi connectivity index (χ2n) is 6.81. The van der Waals surface area contributed by atoms with Gasteiger partial charge in [0.05, 0.1) is 25.3 Å². The first-order valence-corrected chi connectivity index (χ1v) is 8.73. The SMILES string of the molecule is COC(=O)c1cccc(NC2CCN(C(=O)C3CC(F)(F)CN3)CC2)c1. The van der Waals surface area contributed by atoms with E-state index in [9.17, 15) is 18.4 Å². The van der Waals surface area contributed by atoms with Crippen molar-refractivity contribution in [2.75, 3.05) is 32.1 Å². The van der Waals surface area contributed by atoms with Crippen molar-refractivity contribution in [3.05, 3.63) is 29.8 Å². The number of alkyl halides is 2. The highest BCUT2D eigenvalue weighted by molar-refractivity contribution is 5.90. The summed E-state index contributed by atoms with van der Waals surface area (Å²) in [7, 11) is 1.34. The Kier molecular flexibility index (Phi) is 5.41. The fourth-order valence-corrected chi connectivity index (χ4v) is 3.44. The molecule has 0 aliphatic carbocycles. The number of rotatable bonds is 4. The lowest BCUT2D eigenvalue weighted by Crippen LogP contribution is -2.48. The minimum Gasteiger partial charge on any atom is -0.465 e. The first-order chi connectivity index (χ1) is 12.4. The van der Waals surface area contributed by atoms with Gasteiger partial charge in [-0.25, -0.2) is 13.6 Å². The Labute approximate surface area is 150 Å². The standard InChI is InChI=1S/C18H23F2N3O3/c1-26-17(25)12-3-2-4-14(9-12)22-13-5-7-23(8-6-13)16(24)15-10-18(19,20)11-21-15/h2-4,9,13,15,21-22H,5-8,10-11H2,1H3. The summed E-state index contributed by atoms with van der Waals surface area (Å²) in [4.78, 5) is 25.6. The molecule has 2 aliphatic heterocycles. The highest BCUT2D eigenvalue weighted by Crippen LogP contribution is 2.27. The van der Waals surface area contributed by atoms with Crippen molar-refractivity contribution in [2.24, 2.45) is 0 Å². The second-order valence-corrected chi connectivity index (χ2v) is 6.81. The first-order valence-electron chi connectivity index (χ1n) is 8.73. The lowest BCUT2D eigenvalue weighted by atomic mass is 10.0. The third-order valence-corrected chi connectivity index (χ3v) is 4.87. The zero-order valence-electron chi connectivity index (χ0n) is 14.6. The van der Waals surface area contributed by atoms with Gasteiger partial charge in [-0.3, -0.25) is 10.1 Å². The smallest absolute Gasteiger partial charge is 0.337 e. The van der Waals surface area contributed by atoms with Gasteiger partial charge in [0.25, 0.3) is 5.92 Å². The lowest BCUT2D eigenvalue weighted by molar-refractivity contribution is -0.134. The zero-order valence-corrected chi connectivity index (χ0v) is 14.6. The molecule has 0 bridgehead atoms. The molecule has 1 unspecified atom stereocenters.